The smallest absolute Gasteiger partial charge is 0.247 e. The molecule has 18 heavy (non-hydrogen) atoms. The third-order valence-electron chi connectivity index (χ3n) is 4.01. The van der Waals surface area contributed by atoms with E-state index in [0.717, 1.165) is 25.9 Å². The first-order valence-corrected chi connectivity index (χ1v) is 8.75. The van der Waals surface area contributed by atoms with Crippen LogP contribution in [0.25, 0.3) is 0 Å². The molecular weight excluding hydrogens is 245 g/mol. The van der Waals surface area contributed by atoms with Crippen molar-refractivity contribution in [3.05, 3.63) is 18.7 Å². The van der Waals surface area contributed by atoms with E-state index in [1.54, 1.807) is 12.5 Å². The lowest BCUT2D eigenvalue weighted by atomic mass is 10.0. The van der Waals surface area contributed by atoms with Gasteiger partial charge in [0.25, 0.3) is 0 Å². The van der Waals surface area contributed by atoms with Crippen LogP contribution in [0.3, 0.4) is 0 Å². The average Bonchev–Trinajstić information content (AvgIpc) is 2.95. The Morgan fingerprint density at radius 1 is 1.28 bits per heavy atom. The Kier molecular flexibility index (Phi) is 4.63. The van der Waals surface area contributed by atoms with E-state index in [0.29, 0.717) is 5.66 Å². The highest BCUT2D eigenvalue weighted by atomic mass is 31.2. The molecule has 0 N–H and O–H groups in total. The van der Waals surface area contributed by atoms with Gasteiger partial charge in [-0.1, -0.05) is 33.1 Å². The third-order valence-corrected chi connectivity index (χ3v) is 7.75. The lowest BCUT2D eigenvalue weighted by Gasteiger charge is -2.38. The molecule has 1 aromatic heterocycles. The zero-order chi connectivity index (χ0) is 13.0. The molecule has 0 spiro atoms. The minimum atomic E-state index is -2.52. The largest absolute Gasteiger partial charge is 0.282 e. The molecule has 5 heteroatoms. The van der Waals surface area contributed by atoms with Crippen molar-refractivity contribution in [1.82, 2.24) is 14.0 Å². The molecule has 1 heterocycles. The Bertz CT molecular complexity index is 394. The maximum Gasteiger partial charge on any atom is 0.247 e. The summed E-state index contributed by atoms with van der Waals surface area (Å²) in [6.45, 7) is 5.86. The summed E-state index contributed by atoms with van der Waals surface area (Å²) in [6.07, 6.45) is 11.2. The van der Waals surface area contributed by atoms with Crippen LogP contribution in [0.1, 0.15) is 46.0 Å². The number of hydrogen-bond donors (Lipinski definition) is 0. The first kappa shape index (κ1) is 13.8. The fraction of sp³-hybridized carbons (Fsp3) is 0.769. The molecule has 4 nitrogen and oxygen atoms in total. The first-order chi connectivity index (χ1) is 8.73. The van der Waals surface area contributed by atoms with Gasteiger partial charge in [-0.15, -0.1) is 0 Å². The van der Waals surface area contributed by atoms with Gasteiger partial charge in [0, 0.05) is 31.1 Å². The van der Waals surface area contributed by atoms with Crippen molar-refractivity contribution in [1.29, 1.82) is 0 Å². The minimum Gasteiger partial charge on any atom is -0.282 e. The summed E-state index contributed by atoms with van der Waals surface area (Å²) in [4.78, 5) is 4.10. The van der Waals surface area contributed by atoms with Crippen LogP contribution < -0.4 is 0 Å². The second kappa shape index (κ2) is 6.03. The van der Waals surface area contributed by atoms with Crippen LogP contribution in [0, 0.1) is 0 Å². The molecule has 1 aliphatic carbocycles. The van der Waals surface area contributed by atoms with Gasteiger partial charge in [0.2, 0.25) is 7.44 Å². The van der Waals surface area contributed by atoms with Crippen LogP contribution in [0.15, 0.2) is 18.7 Å². The standard InChI is InChI=1S/C13H24N3OP/c1-3-15(4-2)18(17,16-11-10-14-12-16)13-8-6-5-7-9-13/h10-13H,3-9H2,1-2H3/t18-/m1/s1. The predicted molar refractivity (Wildman–Crippen MR) is 75.0 cm³/mol. The van der Waals surface area contributed by atoms with E-state index in [4.69, 9.17) is 0 Å². The molecule has 0 bridgehead atoms. The molecule has 0 radical (unpaired) electrons. The van der Waals surface area contributed by atoms with Gasteiger partial charge in [0.05, 0.1) is 0 Å². The zero-order valence-electron chi connectivity index (χ0n) is 11.5. The molecule has 0 amide bonds. The molecule has 2 rings (SSSR count). The first-order valence-electron chi connectivity index (χ1n) is 7.07. The van der Waals surface area contributed by atoms with Gasteiger partial charge < -0.3 is 0 Å². The van der Waals surface area contributed by atoms with Gasteiger partial charge in [-0.2, -0.15) is 0 Å². The summed E-state index contributed by atoms with van der Waals surface area (Å²) in [5.41, 5.74) is 0.306. The van der Waals surface area contributed by atoms with E-state index >= 15 is 0 Å². The molecule has 0 aromatic carbocycles. The van der Waals surface area contributed by atoms with Gasteiger partial charge in [-0.05, 0) is 12.8 Å². The predicted octanol–water partition coefficient (Wildman–Crippen LogP) is 3.60. The van der Waals surface area contributed by atoms with Gasteiger partial charge in [0.1, 0.15) is 6.33 Å². The van der Waals surface area contributed by atoms with Crippen molar-refractivity contribution in [2.24, 2.45) is 0 Å². The van der Waals surface area contributed by atoms with Crippen LogP contribution in [-0.4, -0.2) is 32.7 Å². The van der Waals surface area contributed by atoms with E-state index in [-0.39, 0.29) is 0 Å². The molecule has 102 valence electrons. The van der Waals surface area contributed by atoms with Crippen molar-refractivity contribution in [3.8, 4) is 0 Å². The van der Waals surface area contributed by atoms with E-state index < -0.39 is 7.44 Å². The molecular formula is C13H24N3OP. The fourth-order valence-electron chi connectivity index (χ4n) is 3.03. The molecule has 1 atom stereocenters. The quantitative estimate of drug-likeness (QED) is 0.766. The second-order valence-electron chi connectivity index (χ2n) is 4.96. The van der Waals surface area contributed by atoms with E-state index in [1.807, 2.05) is 10.5 Å². The highest BCUT2D eigenvalue weighted by Crippen LogP contribution is 2.58. The third kappa shape index (κ3) is 2.41. The second-order valence-corrected chi connectivity index (χ2v) is 7.90. The van der Waals surface area contributed by atoms with Crippen LogP contribution in [-0.2, 0) is 4.57 Å². The van der Waals surface area contributed by atoms with Crippen molar-refractivity contribution in [2.75, 3.05) is 13.1 Å². The number of imidazole rings is 1. The monoisotopic (exact) mass is 269 g/mol. The van der Waals surface area contributed by atoms with Gasteiger partial charge in [-0.25, -0.2) is 9.65 Å². The van der Waals surface area contributed by atoms with Gasteiger partial charge in [-0.3, -0.25) is 8.90 Å². The number of rotatable bonds is 5. The molecule has 1 saturated carbocycles. The zero-order valence-corrected chi connectivity index (χ0v) is 12.4. The van der Waals surface area contributed by atoms with E-state index in [1.165, 1.54) is 19.3 Å². The Balaban J connectivity index is 2.35. The maximum atomic E-state index is 13.6. The minimum absolute atomic E-state index is 0.306. The highest BCUT2D eigenvalue weighted by Gasteiger charge is 2.39. The molecule has 1 aromatic rings. The lowest BCUT2D eigenvalue weighted by molar-refractivity contribution is 0.399. The average molecular weight is 269 g/mol. The van der Waals surface area contributed by atoms with Gasteiger partial charge in [0.15, 0.2) is 0 Å². The fourth-order valence-corrected chi connectivity index (χ4v) is 6.47. The van der Waals surface area contributed by atoms with E-state index in [2.05, 4.69) is 23.5 Å². The van der Waals surface area contributed by atoms with Crippen molar-refractivity contribution in [3.63, 3.8) is 0 Å². The molecule has 0 aliphatic heterocycles. The summed E-state index contributed by atoms with van der Waals surface area (Å²) in [5.74, 6) is 0. The van der Waals surface area contributed by atoms with Crippen LogP contribution in [0.2, 0.25) is 0 Å². The molecule has 1 aliphatic rings. The van der Waals surface area contributed by atoms with Crippen LogP contribution in [0.4, 0.5) is 0 Å². The Morgan fingerprint density at radius 2 is 1.94 bits per heavy atom. The van der Waals surface area contributed by atoms with Gasteiger partial charge >= 0.3 is 0 Å². The topological polar surface area (TPSA) is 38.1 Å². The van der Waals surface area contributed by atoms with Crippen molar-refractivity contribution in [2.45, 2.75) is 51.6 Å². The maximum absolute atomic E-state index is 13.6. The number of hydrogen-bond acceptors (Lipinski definition) is 2. The van der Waals surface area contributed by atoms with Crippen molar-refractivity contribution < 1.29 is 4.57 Å². The normalized spacial score (nSPS) is 21.1. The van der Waals surface area contributed by atoms with Crippen LogP contribution in [0.5, 0.6) is 0 Å². The number of aromatic nitrogens is 2. The highest BCUT2D eigenvalue weighted by molar-refractivity contribution is 7.60. The summed E-state index contributed by atoms with van der Waals surface area (Å²) < 4.78 is 17.7. The molecule has 1 fully saturated rings. The van der Waals surface area contributed by atoms with Crippen LogP contribution >= 0.6 is 7.44 Å². The Labute approximate surface area is 110 Å². The summed E-state index contributed by atoms with van der Waals surface area (Å²) in [5, 5.41) is 0. The summed E-state index contributed by atoms with van der Waals surface area (Å²) >= 11 is 0. The summed E-state index contributed by atoms with van der Waals surface area (Å²) in [6, 6.07) is 0. The summed E-state index contributed by atoms with van der Waals surface area (Å²) in [7, 11) is -2.52. The molecule has 0 saturated heterocycles. The van der Waals surface area contributed by atoms with Crippen molar-refractivity contribution >= 4 is 7.44 Å². The van der Waals surface area contributed by atoms with E-state index in [9.17, 15) is 4.57 Å². The Morgan fingerprint density at radius 3 is 2.44 bits per heavy atom. The Hall–Kier alpha value is -0.600. The SMILES string of the molecule is CCN(CC)[P@](=O)(C1CCCCC1)n1ccnc1. The lowest BCUT2D eigenvalue weighted by Crippen LogP contribution is -2.31. The number of nitrogens with zero attached hydrogens (tertiary/aromatic N) is 3. The molecule has 0 unspecified atom stereocenters.